The monoisotopic (exact) mass is 278 g/mol. The molecule has 106 valence electrons. The number of amides is 1. The predicted octanol–water partition coefficient (Wildman–Crippen LogP) is 2.92. The van der Waals surface area contributed by atoms with Crippen LogP contribution >= 0.6 is 0 Å². The molecule has 2 aromatic rings. The van der Waals surface area contributed by atoms with E-state index in [9.17, 15) is 9.18 Å². The maximum absolute atomic E-state index is 13.1. The van der Waals surface area contributed by atoms with Crippen molar-refractivity contribution in [2.24, 2.45) is 0 Å². The first-order valence-corrected chi connectivity index (χ1v) is 6.25. The SMILES string of the molecule is CCC(Oc1cccc(F)c1)C(=O)Nc1cc(C)on1. The molecule has 1 amide bonds. The molecule has 1 unspecified atom stereocenters. The van der Waals surface area contributed by atoms with Gasteiger partial charge in [0, 0.05) is 12.1 Å². The summed E-state index contributed by atoms with van der Waals surface area (Å²) < 4.78 is 23.4. The fourth-order valence-electron chi connectivity index (χ4n) is 1.66. The molecule has 1 aromatic carbocycles. The van der Waals surface area contributed by atoms with Gasteiger partial charge in [-0.15, -0.1) is 0 Å². The molecule has 20 heavy (non-hydrogen) atoms. The number of carbonyl (C=O) groups is 1. The van der Waals surface area contributed by atoms with Crippen LogP contribution in [0.1, 0.15) is 19.1 Å². The predicted molar refractivity (Wildman–Crippen MR) is 71.0 cm³/mol. The maximum Gasteiger partial charge on any atom is 0.266 e. The highest BCUT2D eigenvalue weighted by molar-refractivity contribution is 5.93. The van der Waals surface area contributed by atoms with E-state index in [1.807, 2.05) is 0 Å². The molecule has 0 saturated heterocycles. The summed E-state index contributed by atoms with van der Waals surface area (Å²) in [7, 11) is 0. The lowest BCUT2D eigenvalue weighted by molar-refractivity contribution is -0.122. The number of halogens is 1. The van der Waals surface area contributed by atoms with Crippen molar-refractivity contribution in [2.75, 3.05) is 5.32 Å². The van der Waals surface area contributed by atoms with E-state index in [4.69, 9.17) is 9.26 Å². The van der Waals surface area contributed by atoms with Crippen LogP contribution in [0.3, 0.4) is 0 Å². The van der Waals surface area contributed by atoms with Gasteiger partial charge in [0.2, 0.25) is 0 Å². The smallest absolute Gasteiger partial charge is 0.266 e. The minimum atomic E-state index is -0.728. The lowest BCUT2D eigenvalue weighted by Gasteiger charge is -2.16. The van der Waals surface area contributed by atoms with Gasteiger partial charge in [0.05, 0.1) is 0 Å². The quantitative estimate of drug-likeness (QED) is 0.913. The Hall–Kier alpha value is -2.37. The molecule has 5 nitrogen and oxygen atoms in total. The molecule has 6 heteroatoms. The van der Waals surface area contributed by atoms with E-state index in [0.717, 1.165) is 0 Å². The molecule has 0 aliphatic rings. The minimum Gasteiger partial charge on any atom is -0.481 e. The van der Waals surface area contributed by atoms with E-state index in [1.165, 1.54) is 18.2 Å². The second-order valence-electron chi connectivity index (χ2n) is 4.28. The Morgan fingerprint density at radius 1 is 1.50 bits per heavy atom. The van der Waals surface area contributed by atoms with Gasteiger partial charge in [-0.25, -0.2) is 4.39 Å². The topological polar surface area (TPSA) is 64.4 Å². The summed E-state index contributed by atoms with van der Waals surface area (Å²) in [5.74, 6) is 0.464. The van der Waals surface area contributed by atoms with Crippen molar-refractivity contribution in [2.45, 2.75) is 26.4 Å². The fraction of sp³-hybridized carbons (Fsp3) is 0.286. The number of nitrogens with one attached hydrogen (secondary N) is 1. The van der Waals surface area contributed by atoms with Crippen molar-refractivity contribution in [1.29, 1.82) is 0 Å². The molecule has 1 atom stereocenters. The third-order valence-corrected chi connectivity index (χ3v) is 2.62. The molecule has 0 saturated carbocycles. The van der Waals surface area contributed by atoms with Crippen molar-refractivity contribution < 1.29 is 18.4 Å². The average molecular weight is 278 g/mol. The van der Waals surface area contributed by atoms with Gasteiger partial charge in [0.15, 0.2) is 11.9 Å². The van der Waals surface area contributed by atoms with Gasteiger partial charge >= 0.3 is 0 Å². The number of nitrogens with zero attached hydrogens (tertiary/aromatic N) is 1. The average Bonchev–Trinajstić information content (AvgIpc) is 2.81. The van der Waals surface area contributed by atoms with E-state index in [1.54, 1.807) is 26.0 Å². The second kappa shape index (κ2) is 6.18. The molecule has 1 aromatic heterocycles. The van der Waals surface area contributed by atoms with Crippen LogP contribution in [-0.2, 0) is 4.79 Å². The molecule has 0 radical (unpaired) electrons. The van der Waals surface area contributed by atoms with E-state index in [-0.39, 0.29) is 5.91 Å². The summed E-state index contributed by atoms with van der Waals surface area (Å²) in [6.07, 6.45) is -0.284. The molecule has 2 rings (SSSR count). The van der Waals surface area contributed by atoms with Gasteiger partial charge in [-0.3, -0.25) is 4.79 Å². The summed E-state index contributed by atoms with van der Waals surface area (Å²) in [5.41, 5.74) is 0. The lowest BCUT2D eigenvalue weighted by atomic mass is 10.2. The van der Waals surface area contributed by atoms with Crippen molar-refractivity contribution in [3.05, 3.63) is 41.9 Å². The highest BCUT2D eigenvalue weighted by Crippen LogP contribution is 2.16. The molecule has 0 fully saturated rings. The summed E-state index contributed by atoms with van der Waals surface area (Å²) in [5, 5.41) is 6.26. The van der Waals surface area contributed by atoms with Gasteiger partial charge in [-0.2, -0.15) is 0 Å². The molecular weight excluding hydrogens is 263 g/mol. The van der Waals surface area contributed by atoms with Crippen molar-refractivity contribution in [1.82, 2.24) is 5.16 Å². The summed E-state index contributed by atoms with van der Waals surface area (Å²) in [6.45, 7) is 3.53. The van der Waals surface area contributed by atoms with E-state index >= 15 is 0 Å². The zero-order valence-electron chi connectivity index (χ0n) is 11.2. The molecule has 0 aliphatic carbocycles. The highest BCUT2D eigenvalue weighted by Gasteiger charge is 2.19. The van der Waals surface area contributed by atoms with Crippen LogP contribution in [0.4, 0.5) is 10.2 Å². The number of aryl methyl sites for hydroxylation is 1. The third kappa shape index (κ3) is 3.57. The first-order chi connectivity index (χ1) is 9.58. The Kier molecular flexibility index (Phi) is 4.34. The first-order valence-electron chi connectivity index (χ1n) is 6.25. The molecule has 1 heterocycles. The number of carbonyl (C=O) groups excluding carboxylic acids is 1. The van der Waals surface area contributed by atoms with Crippen LogP contribution in [0, 0.1) is 12.7 Å². The Morgan fingerprint density at radius 2 is 2.30 bits per heavy atom. The van der Waals surface area contributed by atoms with Crippen molar-refractivity contribution in [3.63, 3.8) is 0 Å². The summed E-state index contributed by atoms with van der Waals surface area (Å²) >= 11 is 0. The number of rotatable bonds is 5. The summed E-state index contributed by atoms with van der Waals surface area (Å²) in [6, 6.07) is 7.27. The Morgan fingerprint density at radius 3 is 2.90 bits per heavy atom. The van der Waals surface area contributed by atoms with Gasteiger partial charge in [-0.05, 0) is 25.5 Å². The third-order valence-electron chi connectivity index (χ3n) is 2.62. The fourth-order valence-corrected chi connectivity index (χ4v) is 1.66. The van der Waals surface area contributed by atoms with E-state index < -0.39 is 11.9 Å². The number of hydrogen-bond donors (Lipinski definition) is 1. The number of benzene rings is 1. The number of aromatic nitrogens is 1. The van der Waals surface area contributed by atoms with Crippen LogP contribution in [0.2, 0.25) is 0 Å². The van der Waals surface area contributed by atoms with Crippen LogP contribution in [0.25, 0.3) is 0 Å². The zero-order chi connectivity index (χ0) is 14.5. The van der Waals surface area contributed by atoms with E-state index in [0.29, 0.717) is 23.7 Å². The van der Waals surface area contributed by atoms with Crippen LogP contribution in [0.15, 0.2) is 34.9 Å². The van der Waals surface area contributed by atoms with Crippen LogP contribution in [-0.4, -0.2) is 17.2 Å². The molecule has 0 spiro atoms. The second-order valence-corrected chi connectivity index (χ2v) is 4.28. The van der Waals surface area contributed by atoms with Crippen LogP contribution in [0.5, 0.6) is 5.75 Å². The summed E-state index contributed by atoms with van der Waals surface area (Å²) in [4.78, 5) is 12.0. The first kappa shape index (κ1) is 14.0. The zero-order valence-corrected chi connectivity index (χ0v) is 11.2. The van der Waals surface area contributed by atoms with Gasteiger partial charge in [0.25, 0.3) is 5.91 Å². The normalized spacial score (nSPS) is 11.9. The van der Waals surface area contributed by atoms with Gasteiger partial charge < -0.3 is 14.6 Å². The van der Waals surface area contributed by atoms with Crippen molar-refractivity contribution in [3.8, 4) is 5.75 Å². The van der Waals surface area contributed by atoms with Crippen LogP contribution < -0.4 is 10.1 Å². The maximum atomic E-state index is 13.1. The largest absolute Gasteiger partial charge is 0.481 e. The molecule has 0 bridgehead atoms. The number of ether oxygens (including phenoxy) is 1. The number of hydrogen-bond acceptors (Lipinski definition) is 4. The Labute approximate surface area is 115 Å². The molecular formula is C14H15FN2O3. The Balaban J connectivity index is 2.02. The molecule has 0 aliphatic heterocycles. The minimum absolute atomic E-state index is 0.309. The van der Waals surface area contributed by atoms with Gasteiger partial charge in [-0.1, -0.05) is 18.1 Å². The lowest BCUT2D eigenvalue weighted by Crippen LogP contribution is -2.32. The van der Waals surface area contributed by atoms with E-state index in [2.05, 4.69) is 10.5 Å². The molecule has 1 N–H and O–H groups in total. The highest BCUT2D eigenvalue weighted by atomic mass is 19.1. The van der Waals surface area contributed by atoms with Gasteiger partial charge in [0.1, 0.15) is 17.3 Å². The number of anilines is 1. The standard InChI is InChI=1S/C14H15FN2O3/c1-3-12(19-11-6-4-5-10(15)8-11)14(18)16-13-7-9(2)20-17-13/h4-8,12H,3H2,1-2H3,(H,16,17,18). The van der Waals surface area contributed by atoms with Crippen molar-refractivity contribution >= 4 is 11.7 Å². The Bertz CT molecular complexity index is 598.